The van der Waals surface area contributed by atoms with E-state index >= 15 is 0 Å². The molecule has 2 aromatic rings. The van der Waals surface area contributed by atoms with Crippen molar-refractivity contribution in [2.45, 2.75) is 64.3 Å². The van der Waals surface area contributed by atoms with Gasteiger partial charge in [-0.25, -0.2) is 4.98 Å². The van der Waals surface area contributed by atoms with Gasteiger partial charge >= 0.3 is 0 Å². The molecule has 1 aromatic carbocycles. The third-order valence-electron chi connectivity index (χ3n) is 4.88. The Hall–Kier alpha value is -1.19. The molecule has 130 valence electrons. The zero-order chi connectivity index (χ0) is 16.5. The first-order valence-corrected chi connectivity index (χ1v) is 10.5. The lowest BCUT2D eigenvalue weighted by atomic mass is 10.1. The summed E-state index contributed by atoms with van der Waals surface area (Å²) in [5.74, 6) is 0. The van der Waals surface area contributed by atoms with E-state index in [1.807, 2.05) is 11.3 Å². The Morgan fingerprint density at radius 1 is 0.875 bits per heavy atom. The maximum atomic E-state index is 4.85. The molecule has 1 aliphatic rings. The molecular weight excluding hydrogens is 312 g/mol. The van der Waals surface area contributed by atoms with E-state index in [0.29, 0.717) is 0 Å². The molecule has 0 N–H and O–H groups in total. The van der Waals surface area contributed by atoms with Crippen LogP contribution in [0, 0.1) is 0 Å². The molecule has 2 nitrogen and oxygen atoms in total. The minimum atomic E-state index is 1.06. The number of hydrogen-bond donors (Lipinski definition) is 0. The number of rotatable bonds is 9. The van der Waals surface area contributed by atoms with Crippen LogP contribution < -0.4 is 0 Å². The Labute approximate surface area is 150 Å². The lowest BCUT2D eigenvalue weighted by molar-refractivity contribution is 0.219. The molecule has 3 heteroatoms. The van der Waals surface area contributed by atoms with Crippen LogP contribution in [0.25, 0.3) is 0 Å². The second kappa shape index (κ2) is 9.95. The maximum absolute atomic E-state index is 4.85. The lowest BCUT2D eigenvalue weighted by Crippen LogP contribution is -2.29. The third kappa shape index (κ3) is 6.03. The first-order valence-electron chi connectivity index (χ1n) is 9.60. The van der Waals surface area contributed by atoms with Crippen molar-refractivity contribution in [2.75, 3.05) is 13.1 Å². The van der Waals surface area contributed by atoms with Crippen molar-refractivity contribution in [3.8, 4) is 0 Å². The summed E-state index contributed by atoms with van der Waals surface area (Å²) in [5.41, 5.74) is 2.76. The highest BCUT2D eigenvalue weighted by atomic mass is 32.1. The van der Waals surface area contributed by atoms with Crippen LogP contribution in [0.3, 0.4) is 0 Å². The molecule has 1 saturated heterocycles. The van der Waals surface area contributed by atoms with Gasteiger partial charge in [0.1, 0.15) is 0 Å². The zero-order valence-corrected chi connectivity index (χ0v) is 15.6. The number of piperidine rings is 1. The predicted octanol–water partition coefficient (Wildman–Crippen LogP) is 5.47. The van der Waals surface area contributed by atoms with Gasteiger partial charge in [0.05, 0.1) is 10.7 Å². The van der Waals surface area contributed by atoms with Crippen LogP contribution in [-0.4, -0.2) is 23.0 Å². The first kappa shape index (κ1) is 17.6. The average molecular weight is 343 g/mol. The number of unbranched alkanes of at least 4 members (excludes halogenated alkanes) is 3. The fourth-order valence-electron chi connectivity index (χ4n) is 3.49. The maximum Gasteiger partial charge on any atom is 0.0928 e. The molecule has 0 spiro atoms. The molecule has 0 radical (unpaired) electrons. The standard InChI is InChI=1S/C21H30N2S/c1(5-11-19-12-6-3-7-13-19)2-8-14-21-22-20(18-24-21)17-23-15-9-4-10-16-23/h3,6-7,12-13,18H,1-2,4-5,8-11,14-17H2. The van der Waals surface area contributed by atoms with E-state index in [1.165, 1.54) is 80.7 Å². The molecule has 3 rings (SSSR count). The summed E-state index contributed by atoms with van der Waals surface area (Å²) in [5, 5.41) is 3.62. The number of likely N-dealkylation sites (tertiary alicyclic amines) is 1. The van der Waals surface area contributed by atoms with Crippen LogP contribution in [0.2, 0.25) is 0 Å². The molecular formula is C21H30N2S. The molecule has 1 aromatic heterocycles. The van der Waals surface area contributed by atoms with Gasteiger partial charge in [0.15, 0.2) is 0 Å². The van der Waals surface area contributed by atoms with E-state index in [1.54, 1.807) is 0 Å². The van der Waals surface area contributed by atoms with Crippen LogP contribution in [0.15, 0.2) is 35.7 Å². The van der Waals surface area contributed by atoms with E-state index < -0.39 is 0 Å². The van der Waals surface area contributed by atoms with Crippen molar-refractivity contribution in [1.82, 2.24) is 9.88 Å². The normalized spacial score (nSPS) is 15.7. The molecule has 0 amide bonds. The molecule has 0 atom stereocenters. The molecule has 0 saturated carbocycles. The zero-order valence-electron chi connectivity index (χ0n) is 14.8. The van der Waals surface area contributed by atoms with Gasteiger partial charge in [-0.05, 0) is 57.2 Å². The Kier molecular flexibility index (Phi) is 7.31. The van der Waals surface area contributed by atoms with Gasteiger partial charge in [0.2, 0.25) is 0 Å². The van der Waals surface area contributed by atoms with Gasteiger partial charge in [-0.3, -0.25) is 4.90 Å². The van der Waals surface area contributed by atoms with Crippen LogP contribution in [-0.2, 0) is 19.4 Å². The van der Waals surface area contributed by atoms with Crippen molar-refractivity contribution in [3.63, 3.8) is 0 Å². The fraction of sp³-hybridized carbons (Fsp3) is 0.571. The Bertz CT molecular complexity index is 573. The largest absolute Gasteiger partial charge is 0.297 e. The molecule has 0 aliphatic carbocycles. The Morgan fingerprint density at radius 2 is 1.62 bits per heavy atom. The molecule has 1 aliphatic heterocycles. The topological polar surface area (TPSA) is 16.1 Å². The second-order valence-corrected chi connectivity index (χ2v) is 7.91. The van der Waals surface area contributed by atoms with Gasteiger partial charge in [-0.2, -0.15) is 0 Å². The van der Waals surface area contributed by atoms with Crippen LogP contribution in [0.1, 0.15) is 61.2 Å². The van der Waals surface area contributed by atoms with Crippen LogP contribution >= 0.6 is 11.3 Å². The minimum absolute atomic E-state index is 1.06. The number of aryl methyl sites for hydroxylation is 2. The SMILES string of the molecule is c1ccc(CCCCCCc2nc(CN3CCCCC3)cs2)cc1. The van der Waals surface area contributed by atoms with Crippen molar-refractivity contribution in [2.24, 2.45) is 0 Å². The summed E-state index contributed by atoms with van der Waals surface area (Å²) >= 11 is 1.86. The number of thiazole rings is 1. The summed E-state index contributed by atoms with van der Waals surface area (Å²) in [7, 11) is 0. The van der Waals surface area contributed by atoms with E-state index in [9.17, 15) is 0 Å². The fourth-order valence-corrected chi connectivity index (χ4v) is 4.32. The van der Waals surface area contributed by atoms with E-state index in [0.717, 1.165) is 13.0 Å². The minimum Gasteiger partial charge on any atom is -0.297 e. The van der Waals surface area contributed by atoms with E-state index in [4.69, 9.17) is 4.98 Å². The summed E-state index contributed by atoms with van der Waals surface area (Å²) < 4.78 is 0. The monoisotopic (exact) mass is 342 g/mol. The molecule has 1 fully saturated rings. The van der Waals surface area contributed by atoms with Gasteiger partial charge in [-0.15, -0.1) is 11.3 Å². The summed E-state index contributed by atoms with van der Waals surface area (Å²) in [6.45, 7) is 3.58. The summed E-state index contributed by atoms with van der Waals surface area (Å²) in [4.78, 5) is 7.41. The first-order chi connectivity index (χ1) is 11.9. The second-order valence-electron chi connectivity index (χ2n) is 6.97. The van der Waals surface area contributed by atoms with Crippen LogP contribution in [0.5, 0.6) is 0 Å². The smallest absolute Gasteiger partial charge is 0.0928 e. The highest BCUT2D eigenvalue weighted by molar-refractivity contribution is 7.09. The van der Waals surface area contributed by atoms with E-state index in [-0.39, 0.29) is 0 Å². The quantitative estimate of drug-likeness (QED) is 0.561. The lowest BCUT2D eigenvalue weighted by Gasteiger charge is -2.25. The molecule has 0 bridgehead atoms. The van der Waals surface area contributed by atoms with Gasteiger partial charge in [-0.1, -0.05) is 49.6 Å². The summed E-state index contributed by atoms with van der Waals surface area (Å²) in [6.07, 6.45) is 11.8. The molecule has 2 heterocycles. The Morgan fingerprint density at radius 3 is 2.42 bits per heavy atom. The number of aromatic nitrogens is 1. The average Bonchev–Trinajstić information content (AvgIpc) is 3.07. The van der Waals surface area contributed by atoms with Crippen molar-refractivity contribution < 1.29 is 0 Å². The number of hydrogen-bond acceptors (Lipinski definition) is 3. The predicted molar refractivity (Wildman–Crippen MR) is 104 cm³/mol. The highest BCUT2D eigenvalue weighted by Crippen LogP contribution is 2.17. The number of benzene rings is 1. The molecule has 0 unspecified atom stereocenters. The number of nitrogens with zero attached hydrogens (tertiary/aromatic N) is 2. The summed E-state index contributed by atoms with van der Waals surface area (Å²) in [6, 6.07) is 10.8. The highest BCUT2D eigenvalue weighted by Gasteiger charge is 2.12. The third-order valence-corrected chi connectivity index (χ3v) is 5.84. The van der Waals surface area contributed by atoms with Crippen molar-refractivity contribution in [1.29, 1.82) is 0 Å². The van der Waals surface area contributed by atoms with Crippen LogP contribution in [0.4, 0.5) is 0 Å². The van der Waals surface area contributed by atoms with Gasteiger partial charge < -0.3 is 0 Å². The van der Waals surface area contributed by atoms with Gasteiger partial charge in [0.25, 0.3) is 0 Å². The Balaban J connectivity index is 1.28. The molecule has 24 heavy (non-hydrogen) atoms. The van der Waals surface area contributed by atoms with E-state index in [2.05, 4.69) is 40.6 Å². The van der Waals surface area contributed by atoms with Crippen molar-refractivity contribution in [3.05, 3.63) is 52.0 Å². The van der Waals surface area contributed by atoms with Crippen molar-refractivity contribution >= 4 is 11.3 Å². The van der Waals surface area contributed by atoms with Gasteiger partial charge in [0, 0.05) is 11.9 Å².